The average Bonchev–Trinajstić information content (AvgIpc) is 2.78. The third kappa shape index (κ3) is 2.24. The number of aliphatic hydroxyl groups excluding tert-OH is 2. The second-order valence-electron chi connectivity index (χ2n) is 8.00. The Labute approximate surface area is 138 Å². The largest absolute Gasteiger partial charge is 0.494 e. The van der Waals surface area contributed by atoms with Crippen molar-refractivity contribution in [1.82, 2.24) is 0 Å². The molecular formula is C20H28O3. The standard InChI is InChI=1S/C20H28O3/c1-3-23-13-5-7-14-12(10-13)4-6-16-15(14)8-9-20(2)17(16)11-18(21)19(20)22/h5,7,10,15-19,21-22H,3-4,6,8-9,11H2,1-2H3/t15-,16-,17+,18-,19-,20+/m0/s1. The molecule has 3 aliphatic carbocycles. The van der Waals surface area contributed by atoms with Gasteiger partial charge in [-0.25, -0.2) is 0 Å². The fourth-order valence-corrected chi connectivity index (χ4v) is 5.80. The van der Waals surface area contributed by atoms with Crippen molar-refractivity contribution in [2.45, 2.75) is 64.1 Å². The van der Waals surface area contributed by atoms with E-state index in [1.807, 2.05) is 6.92 Å². The summed E-state index contributed by atoms with van der Waals surface area (Å²) >= 11 is 0. The normalized spacial score (nSPS) is 41.8. The molecule has 4 rings (SSSR count). The Kier molecular flexibility index (Phi) is 3.69. The zero-order valence-electron chi connectivity index (χ0n) is 14.2. The van der Waals surface area contributed by atoms with Crippen LogP contribution in [-0.2, 0) is 6.42 Å². The van der Waals surface area contributed by atoms with Crippen LogP contribution in [0, 0.1) is 17.3 Å². The van der Waals surface area contributed by atoms with Crippen LogP contribution in [0.2, 0.25) is 0 Å². The molecule has 0 bridgehead atoms. The van der Waals surface area contributed by atoms with Crippen LogP contribution in [0.4, 0.5) is 0 Å². The van der Waals surface area contributed by atoms with Gasteiger partial charge in [0.1, 0.15) is 5.75 Å². The first-order valence-corrected chi connectivity index (χ1v) is 9.16. The van der Waals surface area contributed by atoms with Crippen molar-refractivity contribution in [2.24, 2.45) is 17.3 Å². The van der Waals surface area contributed by atoms with Gasteiger partial charge < -0.3 is 14.9 Å². The minimum Gasteiger partial charge on any atom is -0.494 e. The molecule has 0 heterocycles. The highest BCUT2D eigenvalue weighted by atomic mass is 16.5. The van der Waals surface area contributed by atoms with E-state index in [1.54, 1.807) is 0 Å². The summed E-state index contributed by atoms with van der Waals surface area (Å²) in [6.45, 7) is 4.93. The van der Waals surface area contributed by atoms with Crippen molar-refractivity contribution in [3.63, 3.8) is 0 Å². The summed E-state index contributed by atoms with van der Waals surface area (Å²) in [6, 6.07) is 6.60. The van der Waals surface area contributed by atoms with Gasteiger partial charge in [-0.15, -0.1) is 0 Å². The number of fused-ring (bicyclic) bond motifs is 5. The van der Waals surface area contributed by atoms with Gasteiger partial charge in [0.2, 0.25) is 0 Å². The highest BCUT2D eigenvalue weighted by Crippen LogP contribution is 2.60. The third-order valence-corrected chi connectivity index (χ3v) is 6.98. The van der Waals surface area contributed by atoms with Crippen molar-refractivity contribution in [1.29, 1.82) is 0 Å². The summed E-state index contributed by atoms with van der Waals surface area (Å²) < 4.78 is 5.66. The van der Waals surface area contributed by atoms with Gasteiger partial charge in [-0.2, -0.15) is 0 Å². The van der Waals surface area contributed by atoms with Crippen LogP contribution < -0.4 is 4.74 Å². The van der Waals surface area contributed by atoms with Crippen molar-refractivity contribution >= 4 is 0 Å². The Morgan fingerprint density at radius 3 is 2.87 bits per heavy atom. The Balaban J connectivity index is 1.65. The van der Waals surface area contributed by atoms with Gasteiger partial charge in [-0.1, -0.05) is 13.0 Å². The molecule has 0 radical (unpaired) electrons. The SMILES string of the molecule is CCOc1ccc2c(c1)CC[C@@H]1[C@H]3C[C@H](O)[C@H](O)[C@]3(C)CC[C@@H]21. The zero-order valence-corrected chi connectivity index (χ0v) is 14.2. The van der Waals surface area contributed by atoms with Crippen LogP contribution in [0.25, 0.3) is 0 Å². The molecule has 0 spiro atoms. The fraction of sp³-hybridized carbons (Fsp3) is 0.700. The molecule has 23 heavy (non-hydrogen) atoms. The summed E-state index contributed by atoms with van der Waals surface area (Å²) in [5, 5.41) is 20.7. The summed E-state index contributed by atoms with van der Waals surface area (Å²) in [5.74, 6) is 2.62. The van der Waals surface area contributed by atoms with Gasteiger partial charge in [0.25, 0.3) is 0 Å². The van der Waals surface area contributed by atoms with E-state index in [2.05, 4.69) is 25.1 Å². The van der Waals surface area contributed by atoms with E-state index in [-0.39, 0.29) is 5.41 Å². The summed E-state index contributed by atoms with van der Waals surface area (Å²) in [6.07, 6.45) is 4.10. The quantitative estimate of drug-likeness (QED) is 0.880. The highest BCUT2D eigenvalue weighted by Gasteiger charge is 2.57. The van der Waals surface area contributed by atoms with Crippen molar-refractivity contribution in [2.75, 3.05) is 6.61 Å². The maximum Gasteiger partial charge on any atom is 0.119 e. The second kappa shape index (κ2) is 5.49. The number of aliphatic hydroxyl groups is 2. The Morgan fingerprint density at radius 2 is 2.09 bits per heavy atom. The third-order valence-electron chi connectivity index (χ3n) is 6.98. The molecule has 2 fully saturated rings. The lowest BCUT2D eigenvalue weighted by molar-refractivity contribution is -0.0505. The zero-order chi connectivity index (χ0) is 16.2. The molecule has 1 aromatic carbocycles. The Hall–Kier alpha value is -1.06. The molecular weight excluding hydrogens is 288 g/mol. The predicted octanol–water partition coefficient (Wildman–Crippen LogP) is 3.27. The molecule has 3 aliphatic rings. The first kappa shape index (κ1) is 15.5. The number of rotatable bonds is 2. The first-order valence-electron chi connectivity index (χ1n) is 9.16. The number of hydrogen-bond donors (Lipinski definition) is 2. The second-order valence-corrected chi connectivity index (χ2v) is 8.00. The van der Waals surface area contributed by atoms with Gasteiger partial charge in [0.15, 0.2) is 0 Å². The number of hydrogen-bond acceptors (Lipinski definition) is 3. The van der Waals surface area contributed by atoms with Gasteiger partial charge in [-0.3, -0.25) is 0 Å². The lowest BCUT2D eigenvalue weighted by atomic mass is 9.55. The molecule has 0 aliphatic heterocycles. The lowest BCUT2D eigenvalue weighted by Gasteiger charge is -2.49. The minimum atomic E-state index is -0.546. The predicted molar refractivity (Wildman–Crippen MR) is 89.6 cm³/mol. The van der Waals surface area contributed by atoms with Gasteiger partial charge >= 0.3 is 0 Å². The molecule has 3 heteroatoms. The van der Waals surface area contributed by atoms with E-state index in [0.29, 0.717) is 24.4 Å². The van der Waals surface area contributed by atoms with Crippen LogP contribution in [0.3, 0.4) is 0 Å². The molecule has 0 aromatic heterocycles. The minimum absolute atomic E-state index is 0.0939. The summed E-state index contributed by atoms with van der Waals surface area (Å²) in [5.41, 5.74) is 2.84. The Morgan fingerprint density at radius 1 is 1.26 bits per heavy atom. The number of ether oxygens (including phenoxy) is 1. The molecule has 0 saturated heterocycles. The fourth-order valence-electron chi connectivity index (χ4n) is 5.80. The van der Waals surface area contributed by atoms with Crippen molar-refractivity contribution in [3.8, 4) is 5.75 Å². The van der Waals surface area contributed by atoms with Gasteiger partial charge in [0, 0.05) is 0 Å². The Bertz CT molecular complexity index is 599. The summed E-state index contributed by atoms with van der Waals surface area (Å²) in [7, 11) is 0. The van der Waals surface area contributed by atoms with E-state index >= 15 is 0 Å². The lowest BCUT2D eigenvalue weighted by Crippen LogP contribution is -2.44. The smallest absolute Gasteiger partial charge is 0.119 e. The maximum absolute atomic E-state index is 10.5. The van der Waals surface area contributed by atoms with E-state index in [9.17, 15) is 10.2 Å². The summed E-state index contributed by atoms with van der Waals surface area (Å²) in [4.78, 5) is 0. The average molecular weight is 316 g/mol. The van der Waals surface area contributed by atoms with E-state index < -0.39 is 12.2 Å². The highest BCUT2D eigenvalue weighted by molar-refractivity contribution is 5.40. The van der Waals surface area contributed by atoms with Crippen molar-refractivity contribution in [3.05, 3.63) is 29.3 Å². The van der Waals surface area contributed by atoms with Crippen molar-refractivity contribution < 1.29 is 14.9 Å². The van der Waals surface area contributed by atoms with Gasteiger partial charge in [-0.05, 0) is 85.5 Å². The monoisotopic (exact) mass is 316 g/mol. The molecule has 6 atom stereocenters. The molecule has 3 nitrogen and oxygen atoms in total. The van der Waals surface area contributed by atoms with Crippen LogP contribution in [0.15, 0.2) is 18.2 Å². The molecule has 1 aromatic rings. The van der Waals surface area contributed by atoms with E-state index in [4.69, 9.17) is 4.74 Å². The molecule has 126 valence electrons. The molecule has 2 saturated carbocycles. The maximum atomic E-state index is 10.5. The van der Waals surface area contributed by atoms with Gasteiger partial charge in [0.05, 0.1) is 18.8 Å². The van der Waals surface area contributed by atoms with Crippen LogP contribution >= 0.6 is 0 Å². The van der Waals surface area contributed by atoms with Crippen LogP contribution in [0.5, 0.6) is 5.75 Å². The topological polar surface area (TPSA) is 49.7 Å². The number of aryl methyl sites for hydroxylation is 1. The van der Waals surface area contributed by atoms with E-state index in [1.165, 1.54) is 17.5 Å². The molecule has 0 unspecified atom stereocenters. The van der Waals surface area contributed by atoms with Crippen LogP contribution in [-0.4, -0.2) is 29.0 Å². The van der Waals surface area contributed by atoms with E-state index in [0.717, 1.165) is 31.4 Å². The number of benzene rings is 1. The van der Waals surface area contributed by atoms with Crippen LogP contribution in [0.1, 0.15) is 56.6 Å². The molecule has 2 N–H and O–H groups in total. The molecule has 0 amide bonds. The first-order chi connectivity index (χ1) is 11.0.